The molecule has 3 aromatic rings. The van der Waals surface area contributed by atoms with E-state index in [1.807, 2.05) is 4.90 Å². The fraction of sp³-hybridized carbons (Fsp3) is 0.200. The lowest BCUT2D eigenvalue weighted by Gasteiger charge is -2.32. The van der Waals surface area contributed by atoms with Gasteiger partial charge in [0.2, 0.25) is 0 Å². The Morgan fingerprint density at radius 2 is 2.00 bits per heavy atom. The molecular formula is C25H22ClNO6S. The van der Waals surface area contributed by atoms with Gasteiger partial charge in [0, 0.05) is 29.1 Å². The second-order valence-corrected chi connectivity index (χ2v) is 9.19. The van der Waals surface area contributed by atoms with Crippen LogP contribution in [0.5, 0.6) is 16.6 Å². The van der Waals surface area contributed by atoms with Crippen molar-refractivity contribution < 1.29 is 29.3 Å². The maximum Gasteiger partial charge on any atom is 0.336 e. The van der Waals surface area contributed by atoms with Crippen molar-refractivity contribution in [2.75, 3.05) is 13.7 Å². The van der Waals surface area contributed by atoms with E-state index in [1.54, 1.807) is 48.5 Å². The second-order valence-electron chi connectivity index (χ2n) is 7.68. The molecule has 1 aliphatic rings. The van der Waals surface area contributed by atoms with Gasteiger partial charge in [0.05, 0.1) is 7.11 Å². The predicted molar refractivity (Wildman–Crippen MR) is 130 cm³/mol. The van der Waals surface area contributed by atoms with Gasteiger partial charge < -0.3 is 19.7 Å². The first-order valence-corrected chi connectivity index (χ1v) is 11.6. The third kappa shape index (κ3) is 5.25. The van der Waals surface area contributed by atoms with Crippen LogP contribution >= 0.6 is 22.9 Å². The van der Waals surface area contributed by atoms with Crippen molar-refractivity contribution in [1.82, 2.24) is 4.90 Å². The largest absolute Gasteiger partial charge is 0.504 e. The Morgan fingerprint density at radius 1 is 1.21 bits per heavy atom. The number of aliphatic carboxylic acids is 1. The maximum absolute atomic E-state index is 12.3. The predicted octanol–water partition coefficient (Wildman–Crippen LogP) is 4.92. The molecule has 0 bridgehead atoms. The van der Waals surface area contributed by atoms with Crippen molar-refractivity contribution >= 4 is 41.0 Å². The Hall–Kier alpha value is -3.33. The van der Waals surface area contributed by atoms with E-state index >= 15 is 0 Å². The van der Waals surface area contributed by atoms with Crippen LogP contribution in [-0.4, -0.2) is 40.7 Å². The van der Waals surface area contributed by atoms with Gasteiger partial charge in [0.15, 0.2) is 16.6 Å². The average Bonchev–Trinajstić information content (AvgIpc) is 3.21. The van der Waals surface area contributed by atoms with Gasteiger partial charge in [-0.25, -0.2) is 4.79 Å². The number of carbonyl (C=O) groups is 2. The number of hydrogen-bond donors (Lipinski definition) is 2. The standard InChI is InChI=1S/C25H22ClNO6S/c1-32-20-12-15(6-8-19(20)28)7-9-22(29)33-23-13-16-14-27(11-10-21(16)34-23)24(25(30)31)17-4-2-3-5-18(17)26/h2-9,12-13,24,28H,10-11,14H2,1H3,(H,30,31). The van der Waals surface area contributed by atoms with Crippen molar-refractivity contribution in [1.29, 1.82) is 0 Å². The molecule has 1 aliphatic heterocycles. The molecule has 2 aromatic carbocycles. The Morgan fingerprint density at radius 3 is 2.74 bits per heavy atom. The number of benzene rings is 2. The molecule has 1 aromatic heterocycles. The highest BCUT2D eigenvalue weighted by Gasteiger charge is 2.32. The minimum Gasteiger partial charge on any atom is -0.504 e. The van der Waals surface area contributed by atoms with E-state index in [0.29, 0.717) is 46.5 Å². The van der Waals surface area contributed by atoms with E-state index in [-0.39, 0.29) is 5.75 Å². The lowest BCUT2D eigenvalue weighted by molar-refractivity contribution is -0.144. The number of methoxy groups -OCH3 is 1. The molecule has 0 radical (unpaired) electrons. The Bertz CT molecular complexity index is 1250. The molecule has 9 heteroatoms. The Balaban J connectivity index is 1.45. The third-order valence-electron chi connectivity index (χ3n) is 5.49. The SMILES string of the molecule is COc1cc(C=CC(=O)Oc2cc3c(s2)CCN(C(C(=O)O)c2ccccc2Cl)C3)ccc1O. The topological polar surface area (TPSA) is 96.3 Å². The number of fused-ring (bicyclic) bond motifs is 1. The highest BCUT2D eigenvalue weighted by atomic mass is 35.5. The first kappa shape index (κ1) is 23.8. The summed E-state index contributed by atoms with van der Waals surface area (Å²) in [6, 6.07) is 12.6. The molecule has 1 atom stereocenters. The van der Waals surface area contributed by atoms with Crippen LogP contribution in [0.4, 0.5) is 0 Å². The number of hydrogen-bond acceptors (Lipinski definition) is 7. The van der Waals surface area contributed by atoms with Crippen molar-refractivity contribution in [3.63, 3.8) is 0 Å². The van der Waals surface area contributed by atoms with Crippen LogP contribution in [0.15, 0.2) is 54.6 Å². The number of nitrogens with zero attached hydrogens (tertiary/aromatic N) is 1. The molecule has 2 heterocycles. The summed E-state index contributed by atoms with van der Waals surface area (Å²) in [4.78, 5) is 27.3. The van der Waals surface area contributed by atoms with Gasteiger partial charge in [-0.3, -0.25) is 9.69 Å². The van der Waals surface area contributed by atoms with Crippen molar-refractivity contribution in [3.05, 3.63) is 81.2 Å². The summed E-state index contributed by atoms with van der Waals surface area (Å²) in [6.45, 7) is 0.959. The van der Waals surface area contributed by atoms with Crippen LogP contribution in [-0.2, 0) is 22.6 Å². The fourth-order valence-electron chi connectivity index (χ4n) is 3.88. The van der Waals surface area contributed by atoms with Crippen LogP contribution < -0.4 is 9.47 Å². The van der Waals surface area contributed by atoms with E-state index in [2.05, 4.69) is 0 Å². The lowest BCUT2D eigenvalue weighted by Crippen LogP contribution is -2.37. The normalized spacial score (nSPS) is 14.5. The van der Waals surface area contributed by atoms with E-state index < -0.39 is 18.0 Å². The molecule has 0 saturated carbocycles. The molecule has 0 amide bonds. The van der Waals surface area contributed by atoms with Crippen LogP contribution in [0.3, 0.4) is 0 Å². The van der Waals surface area contributed by atoms with Gasteiger partial charge in [0.1, 0.15) is 6.04 Å². The molecule has 34 heavy (non-hydrogen) atoms. The zero-order chi connectivity index (χ0) is 24.2. The molecule has 0 saturated heterocycles. The third-order valence-corrected chi connectivity index (χ3v) is 6.95. The molecule has 1 unspecified atom stereocenters. The molecule has 0 fully saturated rings. The van der Waals surface area contributed by atoms with Gasteiger partial charge in [-0.2, -0.15) is 0 Å². The molecular weight excluding hydrogens is 478 g/mol. The number of thiophene rings is 1. The van der Waals surface area contributed by atoms with Crippen molar-refractivity contribution in [2.45, 2.75) is 19.0 Å². The molecule has 4 rings (SSSR count). The van der Waals surface area contributed by atoms with Crippen LogP contribution in [0.2, 0.25) is 5.02 Å². The number of halogens is 1. The number of ether oxygens (including phenoxy) is 2. The minimum atomic E-state index is -0.963. The zero-order valence-electron chi connectivity index (χ0n) is 18.2. The number of carboxylic acids is 1. The number of rotatable bonds is 7. The summed E-state index contributed by atoms with van der Waals surface area (Å²) in [5.74, 6) is -1.18. The summed E-state index contributed by atoms with van der Waals surface area (Å²) in [7, 11) is 1.45. The van der Waals surface area contributed by atoms with Gasteiger partial charge >= 0.3 is 11.9 Å². The molecule has 2 N–H and O–H groups in total. The number of phenolic OH excluding ortho intramolecular Hbond substituents is 1. The van der Waals surface area contributed by atoms with E-state index in [1.165, 1.54) is 30.6 Å². The number of aromatic hydroxyl groups is 1. The summed E-state index contributed by atoms with van der Waals surface area (Å²) in [6.07, 6.45) is 3.52. The Kier molecular flexibility index (Phi) is 7.21. The van der Waals surface area contributed by atoms with E-state index in [9.17, 15) is 19.8 Å². The van der Waals surface area contributed by atoms with Gasteiger partial charge in [-0.05, 0) is 53.5 Å². The summed E-state index contributed by atoms with van der Waals surface area (Å²) in [5.41, 5.74) is 2.16. The van der Waals surface area contributed by atoms with E-state index in [0.717, 1.165) is 10.4 Å². The second kappa shape index (κ2) is 10.3. The highest BCUT2D eigenvalue weighted by molar-refractivity contribution is 7.14. The zero-order valence-corrected chi connectivity index (χ0v) is 19.8. The van der Waals surface area contributed by atoms with Gasteiger partial charge in [-0.15, -0.1) is 11.3 Å². The quantitative estimate of drug-likeness (QED) is 0.352. The van der Waals surface area contributed by atoms with Crippen LogP contribution in [0.25, 0.3) is 6.08 Å². The number of carboxylic acid groups (broad SMARTS) is 1. The molecule has 0 spiro atoms. The molecule has 176 valence electrons. The minimum absolute atomic E-state index is 0.0140. The molecule has 0 aliphatic carbocycles. The average molecular weight is 500 g/mol. The van der Waals surface area contributed by atoms with E-state index in [4.69, 9.17) is 21.1 Å². The maximum atomic E-state index is 12.3. The fourth-order valence-corrected chi connectivity index (χ4v) is 5.13. The number of esters is 1. The highest BCUT2D eigenvalue weighted by Crippen LogP contribution is 2.37. The smallest absolute Gasteiger partial charge is 0.336 e. The summed E-state index contributed by atoms with van der Waals surface area (Å²) in [5, 5.41) is 20.4. The Labute approximate surface area is 205 Å². The van der Waals surface area contributed by atoms with Crippen LogP contribution in [0, 0.1) is 0 Å². The lowest BCUT2D eigenvalue weighted by atomic mass is 10.0. The number of phenols is 1. The van der Waals surface area contributed by atoms with Gasteiger partial charge in [-0.1, -0.05) is 35.9 Å². The summed E-state index contributed by atoms with van der Waals surface area (Å²) >= 11 is 7.66. The first-order chi connectivity index (χ1) is 16.4. The van der Waals surface area contributed by atoms with Crippen molar-refractivity contribution in [2.24, 2.45) is 0 Å². The van der Waals surface area contributed by atoms with Crippen LogP contribution in [0.1, 0.15) is 27.6 Å². The monoisotopic (exact) mass is 499 g/mol. The summed E-state index contributed by atoms with van der Waals surface area (Å²) < 4.78 is 10.5. The van der Waals surface area contributed by atoms with Gasteiger partial charge in [0.25, 0.3) is 0 Å². The van der Waals surface area contributed by atoms with Crippen molar-refractivity contribution in [3.8, 4) is 16.6 Å². The molecule has 7 nitrogen and oxygen atoms in total. The number of carbonyl (C=O) groups excluding carboxylic acids is 1. The first-order valence-electron chi connectivity index (χ1n) is 10.5.